The Bertz CT molecular complexity index is 744. The Morgan fingerprint density at radius 1 is 1.30 bits per heavy atom. The number of amides is 1. The molecule has 1 saturated heterocycles. The van der Waals surface area contributed by atoms with Crippen molar-refractivity contribution in [2.75, 3.05) is 13.1 Å². The van der Waals surface area contributed by atoms with E-state index in [4.69, 9.17) is 5.26 Å². The largest absolute Gasteiger partial charge is 0.350 e. The number of carbonyl (C=O) groups excluding carboxylic acids is 1. The van der Waals surface area contributed by atoms with Crippen LogP contribution in [0.1, 0.15) is 24.1 Å². The van der Waals surface area contributed by atoms with Crippen LogP contribution in [0.25, 0.3) is 10.8 Å². The quantitative estimate of drug-likeness (QED) is 0.904. The summed E-state index contributed by atoms with van der Waals surface area (Å²) in [5, 5.41) is 17.2. The summed E-state index contributed by atoms with van der Waals surface area (Å²) in [5.74, 6) is 0.227. The van der Waals surface area contributed by atoms with Crippen LogP contribution < -0.4 is 10.6 Å². The summed E-state index contributed by atoms with van der Waals surface area (Å²) < 4.78 is 0. The molecular weight excluding hydrogens is 288 g/mol. The van der Waals surface area contributed by atoms with E-state index in [0.717, 1.165) is 48.0 Å². The first kappa shape index (κ1) is 15.4. The van der Waals surface area contributed by atoms with Gasteiger partial charge >= 0.3 is 0 Å². The van der Waals surface area contributed by atoms with Gasteiger partial charge in [-0.2, -0.15) is 5.26 Å². The van der Waals surface area contributed by atoms with Gasteiger partial charge in [-0.15, -0.1) is 0 Å². The number of aromatic nitrogens is 1. The van der Waals surface area contributed by atoms with Crippen LogP contribution in [0.3, 0.4) is 0 Å². The number of nitrogens with zero attached hydrogens (tertiary/aromatic N) is 2. The highest BCUT2D eigenvalue weighted by atomic mass is 16.1. The molecule has 1 aromatic carbocycles. The summed E-state index contributed by atoms with van der Waals surface area (Å²) in [6.07, 6.45) is 4.01. The van der Waals surface area contributed by atoms with E-state index in [2.05, 4.69) is 21.7 Å². The van der Waals surface area contributed by atoms with Crippen molar-refractivity contribution in [3.63, 3.8) is 0 Å². The second-order valence-corrected chi connectivity index (χ2v) is 5.93. The molecule has 2 aromatic rings. The lowest BCUT2D eigenvalue weighted by molar-refractivity contribution is -0.125. The Labute approximate surface area is 135 Å². The molecule has 5 nitrogen and oxygen atoms in total. The van der Waals surface area contributed by atoms with Gasteiger partial charge in [0.15, 0.2) is 0 Å². The van der Waals surface area contributed by atoms with Crippen LogP contribution in [-0.2, 0) is 17.8 Å². The molecule has 3 rings (SSSR count). The van der Waals surface area contributed by atoms with Crippen LogP contribution in [0.5, 0.6) is 0 Å². The number of hydrogen-bond donors (Lipinski definition) is 2. The Morgan fingerprint density at radius 2 is 2.13 bits per heavy atom. The Kier molecular flexibility index (Phi) is 4.84. The fourth-order valence-corrected chi connectivity index (χ4v) is 2.94. The first-order valence-corrected chi connectivity index (χ1v) is 7.99. The van der Waals surface area contributed by atoms with Gasteiger partial charge in [-0.25, -0.2) is 0 Å². The molecule has 1 aliphatic rings. The van der Waals surface area contributed by atoms with E-state index in [9.17, 15) is 4.79 Å². The standard InChI is InChI=1S/C18H20N4O/c19-6-3-13-1-2-15-11-21-17(10-16(15)9-13)12-22-18(23)14-4-7-20-8-5-14/h1-2,9-11,14,20H,3-5,7-8,12H2,(H,22,23). The zero-order valence-corrected chi connectivity index (χ0v) is 13.0. The second-order valence-electron chi connectivity index (χ2n) is 5.93. The summed E-state index contributed by atoms with van der Waals surface area (Å²) >= 11 is 0. The monoisotopic (exact) mass is 308 g/mol. The molecule has 0 atom stereocenters. The lowest BCUT2D eigenvalue weighted by Gasteiger charge is -2.21. The third-order valence-electron chi connectivity index (χ3n) is 4.28. The first-order chi connectivity index (χ1) is 11.3. The molecule has 1 fully saturated rings. The number of nitriles is 1. The maximum absolute atomic E-state index is 12.2. The minimum atomic E-state index is 0.110. The van der Waals surface area contributed by atoms with Gasteiger partial charge in [0.05, 0.1) is 24.7 Å². The number of carbonyl (C=O) groups is 1. The first-order valence-electron chi connectivity index (χ1n) is 7.99. The number of piperidine rings is 1. The number of benzene rings is 1. The zero-order valence-electron chi connectivity index (χ0n) is 13.0. The number of hydrogen-bond acceptors (Lipinski definition) is 4. The van der Waals surface area contributed by atoms with E-state index in [1.54, 1.807) is 0 Å². The van der Waals surface area contributed by atoms with E-state index in [1.807, 2.05) is 30.5 Å². The van der Waals surface area contributed by atoms with Gasteiger partial charge in [0.25, 0.3) is 0 Å². The smallest absolute Gasteiger partial charge is 0.223 e. The SMILES string of the molecule is N#CCc1ccc2cnc(CNC(=O)C3CCNCC3)cc2c1. The van der Waals surface area contributed by atoms with E-state index < -0.39 is 0 Å². The van der Waals surface area contributed by atoms with Crippen molar-refractivity contribution in [2.45, 2.75) is 25.8 Å². The van der Waals surface area contributed by atoms with Crippen LogP contribution in [0.15, 0.2) is 30.5 Å². The highest BCUT2D eigenvalue weighted by Crippen LogP contribution is 2.17. The van der Waals surface area contributed by atoms with Crippen LogP contribution in [0.2, 0.25) is 0 Å². The van der Waals surface area contributed by atoms with Gasteiger partial charge in [-0.3, -0.25) is 9.78 Å². The van der Waals surface area contributed by atoms with Crippen LogP contribution in [-0.4, -0.2) is 24.0 Å². The van der Waals surface area contributed by atoms with Crippen molar-refractivity contribution in [1.82, 2.24) is 15.6 Å². The van der Waals surface area contributed by atoms with Crippen LogP contribution in [0, 0.1) is 17.2 Å². The minimum absolute atomic E-state index is 0.110. The number of fused-ring (bicyclic) bond motifs is 1. The molecule has 0 aliphatic carbocycles. The highest BCUT2D eigenvalue weighted by molar-refractivity contribution is 5.83. The predicted molar refractivity (Wildman–Crippen MR) is 88.5 cm³/mol. The van der Waals surface area contributed by atoms with Gasteiger partial charge in [-0.1, -0.05) is 12.1 Å². The summed E-state index contributed by atoms with van der Waals surface area (Å²) in [4.78, 5) is 16.6. The molecule has 5 heteroatoms. The Morgan fingerprint density at radius 3 is 2.91 bits per heavy atom. The van der Waals surface area contributed by atoms with Crippen molar-refractivity contribution in [3.05, 3.63) is 41.7 Å². The summed E-state index contributed by atoms with van der Waals surface area (Å²) in [6, 6.07) is 10.1. The van der Waals surface area contributed by atoms with Gasteiger partial charge in [0, 0.05) is 17.5 Å². The molecular formula is C18H20N4O. The maximum Gasteiger partial charge on any atom is 0.223 e. The molecule has 1 aliphatic heterocycles. The summed E-state index contributed by atoms with van der Waals surface area (Å²) in [5.41, 5.74) is 1.84. The number of rotatable bonds is 4. The molecule has 1 aromatic heterocycles. The van der Waals surface area contributed by atoms with Crippen molar-refractivity contribution in [2.24, 2.45) is 5.92 Å². The average molecular weight is 308 g/mol. The van der Waals surface area contributed by atoms with Gasteiger partial charge in [0.2, 0.25) is 5.91 Å². The third kappa shape index (κ3) is 3.85. The average Bonchev–Trinajstić information content (AvgIpc) is 2.60. The molecule has 2 heterocycles. The van der Waals surface area contributed by atoms with E-state index in [0.29, 0.717) is 13.0 Å². The molecule has 0 spiro atoms. The predicted octanol–water partition coefficient (Wildman–Crippen LogP) is 1.92. The Hall–Kier alpha value is -2.45. The molecule has 2 N–H and O–H groups in total. The molecule has 23 heavy (non-hydrogen) atoms. The molecule has 0 unspecified atom stereocenters. The van der Waals surface area contributed by atoms with Crippen LogP contribution >= 0.6 is 0 Å². The molecule has 1 amide bonds. The zero-order chi connectivity index (χ0) is 16.1. The van der Waals surface area contributed by atoms with Crippen molar-refractivity contribution >= 4 is 16.7 Å². The van der Waals surface area contributed by atoms with Crippen LogP contribution in [0.4, 0.5) is 0 Å². The lowest BCUT2D eigenvalue weighted by atomic mass is 9.97. The second kappa shape index (κ2) is 7.21. The van der Waals surface area contributed by atoms with Gasteiger partial charge < -0.3 is 10.6 Å². The van der Waals surface area contributed by atoms with E-state index >= 15 is 0 Å². The van der Waals surface area contributed by atoms with Crippen molar-refractivity contribution in [3.8, 4) is 6.07 Å². The minimum Gasteiger partial charge on any atom is -0.350 e. The maximum atomic E-state index is 12.2. The van der Waals surface area contributed by atoms with Gasteiger partial charge in [-0.05, 0) is 49.0 Å². The van der Waals surface area contributed by atoms with Gasteiger partial charge in [0.1, 0.15) is 0 Å². The Balaban J connectivity index is 1.67. The number of nitrogens with one attached hydrogen (secondary N) is 2. The fraction of sp³-hybridized carbons (Fsp3) is 0.389. The van der Waals surface area contributed by atoms with E-state index in [1.165, 1.54) is 0 Å². The topological polar surface area (TPSA) is 77.8 Å². The van der Waals surface area contributed by atoms with E-state index in [-0.39, 0.29) is 11.8 Å². The normalized spacial score (nSPS) is 15.3. The van der Waals surface area contributed by atoms with Crippen molar-refractivity contribution in [1.29, 1.82) is 5.26 Å². The number of pyridine rings is 1. The fourth-order valence-electron chi connectivity index (χ4n) is 2.94. The highest BCUT2D eigenvalue weighted by Gasteiger charge is 2.20. The molecule has 0 saturated carbocycles. The summed E-state index contributed by atoms with van der Waals surface area (Å²) in [7, 11) is 0. The molecule has 118 valence electrons. The van der Waals surface area contributed by atoms with Crippen molar-refractivity contribution < 1.29 is 4.79 Å². The molecule has 0 bridgehead atoms. The lowest BCUT2D eigenvalue weighted by Crippen LogP contribution is -2.37. The molecule has 0 radical (unpaired) electrons. The summed E-state index contributed by atoms with van der Waals surface area (Å²) in [6.45, 7) is 2.27. The third-order valence-corrected chi connectivity index (χ3v) is 4.28.